The molecule has 2 fully saturated rings. The number of hydrogen-bond donors (Lipinski definition) is 1. The van der Waals surface area contributed by atoms with Crippen molar-refractivity contribution in [1.29, 1.82) is 0 Å². The zero-order chi connectivity index (χ0) is 11.8. The number of ether oxygens (including phenoxy) is 2. The molecule has 1 spiro atoms. The van der Waals surface area contributed by atoms with Gasteiger partial charge >= 0.3 is 0 Å². The third-order valence-corrected chi connectivity index (χ3v) is 4.20. The molecule has 3 nitrogen and oxygen atoms in total. The summed E-state index contributed by atoms with van der Waals surface area (Å²) in [6, 6.07) is 0. The van der Waals surface area contributed by atoms with E-state index in [1.54, 1.807) is 0 Å². The molecule has 0 radical (unpaired) electrons. The lowest BCUT2D eigenvalue weighted by atomic mass is 9.85. The molecule has 0 aromatic heterocycles. The van der Waals surface area contributed by atoms with E-state index in [0.717, 1.165) is 12.8 Å². The Kier molecular flexibility index (Phi) is 3.30. The summed E-state index contributed by atoms with van der Waals surface area (Å²) >= 11 is 0. The molecule has 0 amide bonds. The van der Waals surface area contributed by atoms with E-state index in [2.05, 4.69) is 20.8 Å². The Hall–Kier alpha value is -0.120. The molecule has 1 aliphatic carbocycles. The van der Waals surface area contributed by atoms with Crippen molar-refractivity contribution in [3.63, 3.8) is 0 Å². The largest absolute Gasteiger partial charge is 0.393 e. The Bertz CT molecular complexity index is 254. The summed E-state index contributed by atoms with van der Waals surface area (Å²) in [6.45, 7) is 7.02. The summed E-state index contributed by atoms with van der Waals surface area (Å²) < 4.78 is 12.1. The predicted molar refractivity (Wildman–Crippen MR) is 62.1 cm³/mol. The van der Waals surface area contributed by atoms with Gasteiger partial charge in [-0.25, -0.2) is 0 Å². The summed E-state index contributed by atoms with van der Waals surface area (Å²) in [5.74, 6) is 0.550. The molecule has 3 heteroatoms. The van der Waals surface area contributed by atoms with Crippen LogP contribution in [0.2, 0.25) is 0 Å². The first-order valence-corrected chi connectivity index (χ1v) is 6.47. The van der Waals surface area contributed by atoms with Gasteiger partial charge in [0.2, 0.25) is 0 Å². The fourth-order valence-corrected chi connectivity index (χ4v) is 2.91. The first-order valence-electron chi connectivity index (χ1n) is 6.47. The van der Waals surface area contributed by atoms with Crippen LogP contribution in [-0.4, -0.2) is 29.7 Å². The molecule has 16 heavy (non-hydrogen) atoms. The van der Waals surface area contributed by atoms with Gasteiger partial charge < -0.3 is 14.6 Å². The van der Waals surface area contributed by atoms with Crippen LogP contribution in [0.5, 0.6) is 0 Å². The average Bonchev–Trinajstić information content (AvgIpc) is 2.58. The van der Waals surface area contributed by atoms with Crippen molar-refractivity contribution in [3.8, 4) is 0 Å². The first kappa shape index (κ1) is 12.3. The maximum Gasteiger partial charge on any atom is 0.169 e. The van der Waals surface area contributed by atoms with Crippen LogP contribution in [0.15, 0.2) is 0 Å². The minimum absolute atomic E-state index is 0.0563. The molecule has 3 unspecified atom stereocenters. The fraction of sp³-hybridized carbons (Fsp3) is 1.00. The molecular weight excluding hydrogens is 204 g/mol. The molecule has 0 aromatic carbocycles. The second-order valence-corrected chi connectivity index (χ2v) is 5.88. The highest BCUT2D eigenvalue weighted by molar-refractivity contribution is 4.95. The summed E-state index contributed by atoms with van der Waals surface area (Å²) in [5, 5.41) is 9.56. The van der Waals surface area contributed by atoms with Crippen LogP contribution in [0, 0.1) is 11.8 Å². The number of rotatable bonds is 2. The second-order valence-electron chi connectivity index (χ2n) is 5.88. The van der Waals surface area contributed by atoms with E-state index in [1.807, 2.05) is 0 Å². The van der Waals surface area contributed by atoms with Gasteiger partial charge in [0.1, 0.15) is 5.60 Å². The molecule has 1 saturated carbocycles. The van der Waals surface area contributed by atoms with Gasteiger partial charge in [0.15, 0.2) is 5.79 Å². The predicted octanol–water partition coefficient (Wildman–Crippen LogP) is 2.33. The Morgan fingerprint density at radius 2 is 2.19 bits per heavy atom. The minimum Gasteiger partial charge on any atom is -0.393 e. The van der Waals surface area contributed by atoms with Crippen LogP contribution in [0.4, 0.5) is 0 Å². The monoisotopic (exact) mass is 228 g/mol. The smallest absolute Gasteiger partial charge is 0.169 e. The SMILES string of the molecule is CC1CCCC2(C1)OCC(CO)(C(C)C)O2. The van der Waals surface area contributed by atoms with Gasteiger partial charge in [0, 0.05) is 12.8 Å². The van der Waals surface area contributed by atoms with Gasteiger partial charge in [-0.3, -0.25) is 0 Å². The average molecular weight is 228 g/mol. The Morgan fingerprint density at radius 3 is 2.69 bits per heavy atom. The van der Waals surface area contributed by atoms with Gasteiger partial charge in [0.05, 0.1) is 13.2 Å². The number of aliphatic hydroxyl groups excluding tert-OH is 1. The zero-order valence-corrected chi connectivity index (χ0v) is 10.7. The lowest BCUT2D eigenvalue weighted by Crippen LogP contribution is -2.45. The van der Waals surface area contributed by atoms with E-state index in [0.29, 0.717) is 12.5 Å². The first-order chi connectivity index (χ1) is 7.52. The van der Waals surface area contributed by atoms with E-state index in [9.17, 15) is 5.11 Å². The summed E-state index contributed by atoms with van der Waals surface area (Å²) in [5.41, 5.74) is -0.475. The molecule has 0 bridgehead atoms. The Morgan fingerprint density at radius 1 is 1.44 bits per heavy atom. The molecule has 1 saturated heterocycles. The lowest BCUT2D eigenvalue weighted by molar-refractivity contribution is -0.224. The standard InChI is InChI=1S/C13H24O3/c1-10(2)12(8-14)9-15-13(16-12)6-4-5-11(3)7-13/h10-11,14H,4-9H2,1-3H3. The van der Waals surface area contributed by atoms with Gasteiger partial charge in [-0.2, -0.15) is 0 Å². The summed E-state index contributed by atoms with van der Waals surface area (Å²) in [7, 11) is 0. The van der Waals surface area contributed by atoms with E-state index >= 15 is 0 Å². The van der Waals surface area contributed by atoms with E-state index < -0.39 is 11.4 Å². The van der Waals surface area contributed by atoms with Crippen LogP contribution < -0.4 is 0 Å². The minimum atomic E-state index is -0.475. The van der Waals surface area contributed by atoms with Crippen LogP contribution >= 0.6 is 0 Å². The van der Waals surface area contributed by atoms with Crippen molar-refractivity contribution >= 4 is 0 Å². The van der Waals surface area contributed by atoms with Crippen molar-refractivity contribution in [2.75, 3.05) is 13.2 Å². The van der Waals surface area contributed by atoms with E-state index in [4.69, 9.17) is 9.47 Å². The van der Waals surface area contributed by atoms with Crippen LogP contribution in [0.25, 0.3) is 0 Å². The normalized spacial score (nSPS) is 44.4. The maximum atomic E-state index is 9.56. The molecule has 1 aliphatic heterocycles. The highest BCUT2D eigenvalue weighted by atomic mass is 16.8. The van der Waals surface area contributed by atoms with Crippen molar-refractivity contribution in [1.82, 2.24) is 0 Å². The molecule has 3 atom stereocenters. The molecular formula is C13H24O3. The van der Waals surface area contributed by atoms with Gasteiger partial charge in [-0.1, -0.05) is 27.2 Å². The summed E-state index contributed by atoms with van der Waals surface area (Å²) in [4.78, 5) is 0. The number of hydrogen-bond acceptors (Lipinski definition) is 3. The van der Waals surface area contributed by atoms with E-state index in [-0.39, 0.29) is 12.5 Å². The second kappa shape index (κ2) is 4.28. The van der Waals surface area contributed by atoms with Crippen LogP contribution in [0.1, 0.15) is 46.5 Å². The van der Waals surface area contributed by atoms with Crippen LogP contribution in [0.3, 0.4) is 0 Å². The molecule has 0 aromatic rings. The Labute approximate surface area is 98.1 Å². The molecule has 2 rings (SSSR count). The Balaban J connectivity index is 2.10. The quantitative estimate of drug-likeness (QED) is 0.788. The highest BCUT2D eigenvalue weighted by Crippen LogP contribution is 2.45. The van der Waals surface area contributed by atoms with Gasteiger partial charge in [-0.15, -0.1) is 0 Å². The molecule has 94 valence electrons. The molecule has 2 aliphatic rings. The zero-order valence-electron chi connectivity index (χ0n) is 10.7. The van der Waals surface area contributed by atoms with Crippen molar-refractivity contribution in [3.05, 3.63) is 0 Å². The summed E-state index contributed by atoms with van der Waals surface area (Å²) in [6.07, 6.45) is 4.39. The molecule has 1 N–H and O–H groups in total. The third-order valence-electron chi connectivity index (χ3n) is 4.20. The number of aliphatic hydroxyl groups is 1. The van der Waals surface area contributed by atoms with Crippen molar-refractivity contribution in [2.45, 2.75) is 57.8 Å². The fourth-order valence-electron chi connectivity index (χ4n) is 2.91. The van der Waals surface area contributed by atoms with Crippen molar-refractivity contribution in [2.24, 2.45) is 11.8 Å². The van der Waals surface area contributed by atoms with Gasteiger partial charge in [0.25, 0.3) is 0 Å². The van der Waals surface area contributed by atoms with Crippen molar-refractivity contribution < 1.29 is 14.6 Å². The highest BCUT2D eigenvalue weighted by Gasteiger charge is 2.52. The maximum absolute atomic E-state index is 9.56. The van der Waals surface area contributed by atoms with Crippen LogP contribution in [-0.2, 0) is 9.47 Å². The molecule has 1 heterocycles. The van der Waals surface area contributed by atoms with Gasteiger partial charge in [-0.05, 0) is 18.3 Å². The third kappa shape index (κ3) is 2.01. The topological polar surface area (TPSA) is 38.7 Å². The lowest BCUT2D eigenvalue weighted by Gasteiger charge is -2.38. The van der Waals surface area contributed by atoms with E-state index in [1.165, 1.54) is 12.8 Å².